The minimum Gasteiger partial charge on any atom is -0.308 e. The van der Waals surface area contributed by atoms with Gasteiger partial charge in [0.2, 0.25) is 0 Å². The number of fused-ring (bicyclic) bond motifs is 6. The van der Waals surface area contributed by atoms with Gasteiger partial charge in [0.05, 0.1) is 67.8 Å². The quantitative estimate of drug-likeness (QED) is 0.170. The molecule has 2 heterocycles. The number of alkyl halides is 6. The van der Waals surface area contributed by atoms with Gasteiger partial charge >= 0.3 is 12.4 Å². The summed E-state index contributed by atoms with van der Waals surface area (Å²) < 4.78 is 132. The number of benzene rings is 6. The molecule has 0 N–H and O–H groups in total. The third-order valence-electron chi connectivity index (χ3n) is 9.18. The van der Waals surface area contributed by atoms with Crippen LogP contribution in [-0.4, -0.2) is 9.13 Å². The van der Waals surface area contributed by atoms with Crippen molar-refractivity contribution in [2.24, 2.45) is 0 Å². The third kappa shape index (κ3) is 5.32. The van der Waals surface area contributed by atoms with E-state index < -0.39 is 40.9 Å². The van der Waals surface area contributed by atoms with Gasteiger partial charge in [-0.3, -0.25) is 0 Å². The highest BCUT2D eigenvalue weighted by atomic mass is 19.4. The van der Waals surface area contributed by atoms with Crippen LogP contribution in [0.4, 0.5) is 39.5 Å². The van der Waals surface area contributed by atoms with Gasteiger partial charge in [-0.1, -0.05) is 0 Å². The number of aromatic nitrogens is 2. The van der Waals surface area contributed by atoms with E-state index in [0.29, 0.717) is 11.0 Å². The molecule has 0 saturated carbocycles. The summed E-state index contributed by atoms with van der Waals surface area (Å²) in [6.07, 6.45) is -9.71. The first-order chi connectivity index (χ1) is 25.2. The standard InChI is InChI=1S/C40H17F9N4/c41-24-4-9-34-29(16-24)30-17-25(42)5-10-35(30)53(34)37-13-21(19-51)12-36(38(37)26-6-1-20(18-50)11-31(26)43)52-32-7-2-22(39(44,45)46)14-27(32)28-15-23(40(47,48)49)3-8-33(28)52/h1-17H. The second-order valence-corrected chi connectivity index (χ2v) is 12.3. The average Bonchev–Trinajstić information content (AvgIpc) is 3.61. The molecule has 0 radical (unpaired) electrons. The van der Waals surface area contributed by atoms with Crippen molar-refractivity contribution in [3.05, 3.63) is 143 Å². The van der Waals surface area contributed by atoms with E-state index in [1.54, 1.807) is 0 Å². The minimum absolute atomic E-state index is 0.00274. The Bertz CT molecular complexity index is 2810. The highest BCUT2D eigenvalue weighted by Crippen LogP contribution is 2.45. The summed E-state index contributed by atoms with van der Waals surface area (Å²) in [4.78, 5) is 0. The van der Waals surface area contributed by atoms with E-state index in [4.69, 9.17) is 0 Å². The Balaban J connectivity index is 1.60. The third-order valence-corrected chi connectivity index (χ3v) is 9.18. The normalized spacial score (nSPS) is 12.2. The first kappa shape index (κ1) is 33.4. The van der Waals surface area contributed by atoms with Gasteiger partial charge in [-0.2, -0.15) is 36.9 Å². The van der Waals surface area contributed by atoms with Crippen LogP contribution in [0.1, 0.15) is 22.3 Å². The largest absolute Gasteiger partial charge is 0.416 e. The zero-order valence-corrected chi connectivity index (χ0v) is 26.5. The van der Waals surface area contributed by atoms with E-state index in [0.717, 1.165) is 54.6 Å². The molecule has 0 aliphatic rings. The van der Waals surface area contributed by atoms with Crippen LogP contribution in [0.3, 0.4) is 0 Å². The van der Waals surface area contributed by atoms with Crippen molar-refractivity contribution in [3.8, 4) is 34.6 Å². The lowest BCUT2D eigenvalue weighted by Gasteiger charge is -2.21. The lowest BCUT2D eigenvalue weighted by Crippen LogP contribution is -2.07. The molecule has 8 aromatic rings. The lowest BCUT2D eigenvalue weighted by atomic mass is 9.96. The Morgan fingerprint density at radius 2 is 0.868 bits per heavy atom. The zero-order valence-electron chi connectivity index (χ0n) is 26.5. The molecule has 8 rings (SSSR count). The molecular formula is C40H17F9N4. The molecular weight excluding hydrogens is 707 g/mol. The topological polar surface area (TPSA) is 57.4 Å². The molecule has 0 unspecified atom stereocenters. The molecule has 4 nitrogen and oxygen atoms in total. The molecule has 260 valence electrons. The average molecular weight is 725 g/mol. The van der Waals surface area contributed by atoms with Gasteiger partial charge in [-0.25, -0.2) is 13.2 Å². The van der Waals surface area contributed by atoms with Crippen molar-refractivity contribution in [1.29, 1.82) is 10.5 Å². The number of hydrogen-bond acceptors (Lipinski definition) is 2. The van der Waals surface area contributed by atoms with E-state index in [9.17, 15) is 45.6 Å². The second-order valence-electron chi connectivity index (χ2n) is 12.3. The van der Waals surface area contributed by atoms with Crippen molar-refractivity contribution in [3.63, 3.8) is 0 Å². The fourth-order valence-corrected chi connectivity index (χ4v) is 6.96. The number of rotatable bonds is 3. The molecule has 0 amide bonds. The Hall–Kier alpha value is -6.73. The Labute approximate surface area is 292 Å². The van der Waals surface area contributed by atoms with Crippen LogP contribution in [0.5, 0.6) is 0 Å². The molecule has 53 heavy (non-hydrogen) atoms. The summed E-state index contributed by atoms with van der Waals surface area (Å²) in [7, 11) is 0. The van der Waals surface area contributed by atoms with Crippen molar-refractivity contribution in [2.45, 2.75) is 12.4 Å². The van der Waals surface area contributed by atoms with Gasteiger partial charge < -0.3 is 9.13 Å². The second kappa shape index (κ2) is 11.6. The zero-order chi connectivity index (χ0) is 37.6. The van der Waals surface area contributed by atoms with Gasteiger partial charge in [0.15, 0.2) is 0 Å². The predicted octanol–water partition coefficient (Wildman–Crippen LogP) is 11.7. The Morgan fingerprint density at radius 1 is 0.453 bits per heavy atom. The highest BCUT2D eigenvalue weighted by molar-refractivity contribution is 6.12. The first-order valence-electron chi connectivity index (χ1n) is 15.6. The summed E-state index contributed by atoms with van der Waals surface area (Å²) >= 11 is 0. The molecule has 0 aliphatic carbocycles. The number of hydrogen-bond donors (Lipinski definition) is 0. The Morgan fingerprint density at radius 3 is 1.26 bits per heavy atom. The molecule has 0 aliphatic heterocycles. The number of nitrogens with zero attached hydrogens (tertiary/aromatic N) is 4. The fraction of sp³-hybridized carbons (Fsp3) is 0.0500. The Kier molecular flexibility index (Phi) is 7.34. The number of halogens is 9. The van der Waals surface area contributed by atoms with Crippen LogP contribution >= 0.6 is 0 Å². The van der Waals surface area contributed by atoms with E-state index in [1.165, 1.54) is 57.7 Å². The molecule has 0 spiro atoms. The van der Waals surface area contributed by atoms with Gasteiger partial charge in [0.1, 0.15) is 17.5 Å². The first-order valence-corrected chi connectivity index (χ1v) is 15.6. The van der Waals surface area contributed by atoms with Crippen LogP contribution in [0.25, 0.3) is 66.1 Å². The summed E-state index contributed by atoms with van der Waals surface area (Å²) in [5.41, 5.74) is -1.88. The summed E-state index contributed by atoms with van der Waals surface area (Å²) in [6.45, 7) is 0. The van der Waals surface area contributed by atoms with Crippen molar-refractivity contribution < 1.29 is 39.5 Å². The van der Waals surface area contributed by atoms with Gasteiger partial charge in [0, 0.05) is 32.7 Å². The van der Waals surface area contributed by atoms with Gasteiger partial charge in [-0.15, -0.1) is 0 Å². The molecule has 6 aromatic carbocycles. The smallest absolute Gasteiger partial charge is 0.308 e. The van der Waals surface area contributed by atoms with Crippen LogP contribution in [-0.2, 0) is 12.4 Å². The summed E-state index contributed by atoms with van der Waals surface area (Å²) in [5, 5.41) is 19.9. The van der Waals surface area contributed by atoms with Gasteiger partial charge in [0.25, 0.3) is 0 Å². The van der Waals surface area contributed by atoms with Gasteiger partial charge in [-0.05, 0) is 103 Å². The van der Waals surface area contributed by atoms with Crippen molar-refractivity contribution in [2.75, 3.05) is 0 Å². The minimum atomic E-state index is -4.86. The maximum absolute atomic E-state index is 16.3. The van der Waals surface area contributed by atoms with E-state index in [2.05, 4.69) is 0 Å². The van der Waals surface area contributed by atoms with Crippen LogP contribution < -0.4 is 0 Å². The summed E-state index contributed by atoms with van der Waals surface area (Å²) in [5.74, 6) is -2.21. The molecule has 0 saturated heterocycles. The van der Waals surface area contributed by atoms with Crippen molar-refractivity contribution in [1.82, 2.24) is 9.13 Å². The van der Waals surface area contributed by atoms with Crippen LogP contribution in [0.15, 0.2) is 103 Å². The fourth-order valence-electron chi connectivity index (χ4n) is 6.96. The maximum Gasteiger partial charge on any atom is 0.416 e. The monoisotopic (exact) mass is 724 g/mol. The maximum atomic E-state index is 16.3. The predicted molar refractivity (Wildman–Crippen MR) is 180 cm³/mol. The SMILES string of the molecule is N#Cc1ccc(-c2c(-n3c4ccc(F)cc4c4cc(F)ccc43)cc(C#N)cc2-n2c3ccc(C(F)(F)F)cc3c3cc(C(F)(F)F)ccc32)c(F)c1. The molecule has 0 atom stereocenters. The van der Waals surface area contributed by atoms with E-state index >= 15 is 4.39 Å². The molecule has 0 bridgehead atoms. The molecule has 13 heteroatoms. The van der Waals surface area contributed by atoms with E-state index in [1.807, 2.05) is 12.1 Å². The van der Waals surface area contributed by atoms with E-state index in [-0.39, 0.29) is 66.2 Å². The number of nitriles is 2. The highest BCUT2D eigenvalue weighted by Gasteiger charge is 2.34. The summed E-state index contributed by atoms with van der Waals surface area (Å²) in [6, 6.07) is 22.7. The van der Waals surface area contributed by atoms with Crippen molar-refractivity contribution >= 4 is 43.6 Å². The lowest BCUT2D eigenvalue weighted by molar-refractivity contribution is -0.138. The molecule has 0 fully saturated rings. The van der Waals surface area contributed by atoms with Crippen LogP contribution in [0.2, 0.25) is 0 Å². The van der Waals surface area contributed by atoms with Crippen LogP contribution in [0, 0.1) is 40.1 Å². The molecule has 2 aromatic heterocycles.